The van der Waals surface area contributed by atoms with E-state index in [1.165, 1.54) is 0 Å². The zero-order valence-electron chi connectivity index (χ0n) is 8.24. The molecule has 8 heteroatoms. The van der Waals surface area contributed by atoms with Gasteiger partial charge < -0.3 is 5.32 Å². The van der Waals surface area contributed by atoms with Crippen LogP contribution in [-0.2, 0) is 4.74 Å². The SMILES string of the molecule is Fc1ccc(NCCOC(F)(F)F)c(F)c1F. The van der Waals surface area contributed by atoms with Crippen LogP contribution in [0.1, 0.15) is 0 Å². The number of alkyl halides is 3. The first-order valence-electron chi connectivity index (χ1n) is 4.39. The molecule has 0 aliphatic rings. The van der Waals surface area contributed by atoms with Gasteiger partial charge in [0.05, 0.1) is 12.3 Å². The van der Waals surface area contributed by atoms with Crippen LogP contribution >= 0.6 is 0 Å². The molecule has 0 radical (unpaired) electrons. The summed E-state index contributed by atoms with van der Waals surface area (Å²) >= 11 is 0. The standard InChI is InChI=1S/C9H7F6NO/c10-5-1-2-6(8(12)7(5)11)16-3-4-17-9(13,14)15/h1-2,16H,3-4H2. The zero-order chi connectivity index (χ0) is 13.1. The van der Waals surface area contributed by atoms with Crippen LogP contribution < -0.4 is 5.32 Å². The number of hydrogen-bond donors (Lipinski definition) is 1. The number of ether oxygens (including phenoxy) is 1. The Bertz CT molecular complexity index is 392. The normalized spacial score (nSPS) is 11.6. The van der Waals surface area contributed by atoms with E-state index in [1.54, 1.807) is 0 Å². The molecule has 1 rings (SSSR count). The first-order chi connectivity index (χ1) is 7.81. The van der Waals surface area contributed by atoms with Gasteiger partial charge in [-0.3, -0.25) is 4.74 Å². The number of hydrogen-bond acceptors (Lipinski definition) is 2. The molecule has 1 N–H and O–H groups in total. The maximum atomic E-state index is 13.0. The highest BCUT2D eigenvalue weighted by Crippen LogP contribution is 2.20. The van der Waals surface area contributed by atoms with Crippen molar-refractivity contribution in [3.8, 4) is 0 Å². The topological polar surface area (TPSA) is 21.3 Å². The van der Waals surface area contributed by atoms with E-state index in [9.17, 15) is 26.3 Å². The minimum atomic E-state index is -4.78. The summed E-state index contributed by atoms with van der Waals surface area (Å²) in [5.41, 5.74) is -0.435. The highest BCUT2D eigenvalue weighted by atomic mass is 19.4. The van der Waals surface area contributed by atoms with Crippen molar-refractivity contribution in [3.05, 3.63) is 29.6 Å². The summed E-state index contributed by atoms with van der Waals surface area (Å²) in [6.45, 7) is -1.18. The lowest BCUT2D eigenvalue weighted by molar-refractivity contribution is -0.322. The summed E-state index contributed by atoms with van der Waals surface area (Å²) in [6, 6.07) is 1.53. The molecule has 96 valence electrons. The van der Waals surface area contributed by atoms with Crippen molar-refractivity contribution in [1.82, 2.24) is 0 Å². The lowest BCUT2D eigenvalue weighted by Gasteiger charge is -2.10. The monoisotopic (exact) mass is 259 g/mol. The first kappa shape index (κ1) is 13.6. The van der Waals surface area contributed by atoms with Crippen LogP contribution in [0.2, 0.25) is 0 Å². The molecule has 0 heterocycles. The van der Waals surface area contributed by atoms with Gasteiger partial charge in [-0.05, 0) is 12.1 Å². The summed E-state index contributed by atoms with van der Waals surface area (Å²) < 4.78 is 76.2. The van der Waals surface area contributed by atoms with E-state index in [0.717, 1.165) is 6.07 Å². The lowest BCUT2D eigenvalue weighted by Crippen LogP contribution is -2.19. The Morgan fingerprint density at radius 3 is 2.29 bits per heavy atom. The van der Waals surface area contributed by atoms with Crippen molar-refractivity contribution in [1.29, 1.82) is 0 Å². The molecule has 0 aliphatic heterocycles. The van der Waals surface area contributed by atoms with E-state index >= 15 is 0 Å². The molecule has 1 aromatic carbocycles. The Balaban J connectivity index is 2.51. The molecule has 0 bridgehead atoms. The summed E-state index contributed by atoms with van der Waals surface area (Å²) in [7, 11) is 0. The molecule has 0 aromatic heterocycles. The molecule has 0 fully saturated rings. The van der Waals surface area contributed by atoms with Gasteiger partial charge in [0.1, 0.15) is 0 Å². The van der Waals surface area contributed by atoms with Gasteiger partial charge in [0.25, 0.3) is 0 Å². The largest absolute Gasteiger partial charge is 0.522 e. The van der Waals surface area contributed by atoms with Crippen LogP contribution in [0.25, 0.3) is 0 Å². The van der Waals surface area contributed by atoms with E-state index in [-0.39, 0.29) is 0 Å². The fourth-order valence-electron chi connectivity index (χ4n) is 1.01. The van der Waals surface area contributed by atoms with Crippen molar-refractivity contribution in [2.24, 2.45) is 0 Å². The third kappa shape index (κ3) is 4.14. The van der Waals surface area contributed by atoms with Crippen molar-refractivity contribution < 1.29 is 31.1 Å². The third-order valence-electron chi connectivity index (χ3n) is 1.72. The van der Waals surface area contributed by atoms with Crippen LogP contribution in [0.5, 0.6) is 0 Å². The molecule has 0 aliphatic carbocycles. The fourth-order valence-corrected chi connectivity index (χ4v) is 1.01. The van der Waals surface area contributed by atoms with Crippen LogP contribution in [0, 0.1) is 17.5 Å². The van der Waals surface area contributed by atoms with Crippen molar-refractivity contribution in [3.63, 3.8) is 0 Å². The van der Waals surface area contributed by atoms with Crippen LogP contribution in [0.15, 0.2) is 12.1 Å². The molecule has 0 spiro atoms. The van der Waals surface area contributed by atoms with Crippen LogP contribution in [0.4, 0.5) is 32.0 Å². The van der Waals surface area contributed by atoms with Gasteiger partial charge in [-0.2, -0.15) is 0 Å². The molecular weight excluding hydrogens is 252 g/mol. The van der Waals surface area contributed by atoms with E-state index in [4.69, 9.17) is 0 Å². The summed E-state index contributed by atoms with van der Waals surface area (Å²) in [5, 5.41) is 2.15. The van der Waals surface area contributed by atoms with Crippen LogP contribution in [-0.4, -0.2) is 19.5 Å². The highest BCUT2D eigenvalue weighted by molar-refractivity contribution is 5.45. The average molecular weight is 259 g/mol. The Kier molecular flexibility index (Phi) is 4.22. The van der Waals surface area contributed by atoms with Gasteiger partial charge in [0.2, 0.25) is 0 Å². The quantitative estimate of drug-likeness (QED) is 0.509. The Morgan fingerprint density at radius 2 is 1.71 bits per heavy atom. The molecule has 0 saturated heterocycles. The lowest BCUT2D eigenvalue weighted by atomic mass is 10.3. The molecule has 0 atom stereocenters. The second-order valence-electron chi connectivity index (χ2n) is 2.94. The van der Waals surface area contributed by atoms with Crippen molar-refractivity contribution >= 4 is 5.69 Å². The Morgan fingerprint density at radius 1 is 1.06 bits per heavy atom. The van der Waals surface area contributed by atoms with E-state index in [2.05, 4.69) is 10.1 Å². The van der Waals surface area contributed by atoms with Gasteiger partial charge in [-0.15, -0.1) is 13.2 Å². The molecule has 0 saturated carbocycles. The summed E-state index contributed by atoms with van der Waals surface area (Å²) in [4.78, 5) is 0. The number of benzene rings is 1. The van der Waals surface area contributed by atoms with Crippen LogP contribution in [0.3, 0.4) is 0 Å². The summed E-state index contributed by atoms with van der Waals surface area (Å²) in [5.74, 6) is -4.55. The smallest absolute Gasteiger partial charge is 0.380 e. The van der Waals surface area contributed by atoms with Gasteiger partial charge in [-0.1, -0.05) is 0 Å². The van der Waals surface area contributed by atoms with E-state index in [1.807, 2.05) is 0 Å². The molecular formula is C9H7F6NO. The maximum absolute atomic E-state index is 13.0. The summed E-state index contributed by atoms with van der Waals surface area (Å²) in [6.07, 6.45) is -4.78. The molecule has 2 nitrogen and oxygen atoms in total. The van der Waals surface area contributed by atoms with Gasteiger partial charge in [0, 0.05) is 6.54 Å². The molecule has 0 unspecified atom stereocenters. The maximum Gasteiger partial charge on any atom is 0.522 e. The minimum absolute atomic E-state index is 0.401. The molecule has 1 aromatic rings. The second kappa shape index (κ2) is 5.26. The number of halogens is 6. The number of nitrogens with one attached hydrogen (secondary N) is 1. The van der Waals surface area contributed by atoms with Crippen molar-refractivity contribution in [2.45, 2.75) is 6.36 Å². The minimum Gasteiger partial charge on any atom is -0.380 e. The number of rotatable bonds is 4. The zero-order valence-corrected chi connectivity index (χ0v) is 8.24. The van der Waals surface area contributed by atoms with Gasteiger partial charge in [-0.25, -0.2) is 13.2 Å². The second-order valence-corrected chi connectivity index (χ2v) is 2.94. The molecule has 0 amide bonds. The predicted octanol–water partition coefficient (Wildman–Crippen LogP) is 3.05. The predicted molar refractivity (Wildman–Crippen MR) is 46.8 cm³/mol. The molecule has 17 heavy (non-hydrogen) atoms. The van der Waals surface area contributed by atoms with Gasteiger partial charge in [0.15, 0.2) is 17.5 Å². The average Bonchev–Trinajstić information content (AvgIpc) is 2.22. The third-order valence-corrected chi connectivity index (χ3v) is 1.72. The van der Waals surface area contributed by atoms with E-state index < -0.39 is 42.7 Å². The Hall–Kier alpha value is -1.44. The van der Waals surface area contributed by atoms with Crippen molar-refractivity contribution in [2.75, 3.05) is 18.5 Å². The Labute approximate surface area is 92.2 Å². The highest BCUT2D eigenvalue weighted by Gasteiger charge is 2.28. The van der Waals surface area contributed by atoms with E-state index in [0.29, 0.717) is 6.07 Å². The number of anilines is 1. The first-order valence-corrected chi connectivity index (χ1v) is 4.39. The van der Waals surface area contributed by atoms with Gasteiger partial charge >= 0.3 is 6.36 Å². The fraction of sp³-hybridized carbons (Fsp3) is 0.333.